The first-order valence-corrected chi connectivity index (χ1v) is 9.21. The Hall–Kier alpha value is -0.510. The lowest BCUT2D eigenvalue weighted by atomic mass is 10.4. The van der Waals surface area contributed by atoms with Crippen molar-refractivity contribution in [3.63, 3.8) is 0 Å². The molecular weight excluding hydrogens is 279 g/mol. The van der Waals surface area contributed by atoms with Gasteiger partial charge in [0.25, 0.3) is 0 Å². The van der Waals surface area contributed by atoms with Gasteiger partial charge < -0.3 is 9.80 Å². The molecule has 0 N–H and O–H groups in total. The van der Waals surface area contributed by atoms with Crippen LogP contribution in [0.5, 0.6) is 0 Å². The molecule has 21 heavy (non-hydrogen) atoms. The van der Waals surface area contributed by atoms with Crippen LogP contribution in [-0.2, 0) is 0 Å². The lowest BCUT2D eigenvalue weighted by Gasteiger charge is -2.45. The van der Waals surface area contributed by atoms with E-state index < -0.39 is 0 Å². The fourth-order valence-electron chi connectivity index (χ4n) is 3.04. The first-order valence-electron chi connectivity index (χ1n) is 7.96. The first kappa shape index (κ1) is 15.4. The number of hydrogen-bond donors (Lipinski definition) is 0. The van der Waals surface area contributed by atoms with Gasteiger partial charge in [0.15, 0.2) is 0 Å². The lowest BCUT2D eigenvalue weighted by Crippen LogP contribution is -2.49. The van der Waals surface area contributed by atoms with E-state index >= 15 is 0 Å². The van der Waals surface area contributed by atoms with Gasteiger partial charge in [-0.05, 0) is 14.1 Å². The van der Waals surface area contributed by atoms with Gasteiger partial charge in [0.05, 0.1) is 8.22 Å². The Kier molecular flexibility index (Phi) is 5.25. The molecule has 0 aliphatic carbocycles. The quantitative estimate of drug-likeness (QED) is 0.776. The van der Waals surface area contributed by atoms with E-state index in [-0.39, 0.29) is 8.22 Å². The van der Waals surface area contributed by atoms with Crippen LogP contribution in [0.3, 0.4) is 0 Å². The highest BCUT2D eigenvalue weighted by Gasteiger charge is 2.30. The maximum atomic E-state index is 2.73. The third-order valence-electron chi connectivity index (χ3n) is 4.48. The molecule has 0 saturated carbocycles. The van der Waals surface area contributed by atoms with E-state index in [0.29, 0.717) is 0 Å². The Morgan fingerprint density at radius 3 is 1.52 bits per heavy atom. The van der Waals surface area contributed by atoms with Gasteiger partial charge in [-0.1, -0.05) is 30.3 Å². The number of rotatable bonds is 3. The molecule has 2 saturated heterocycles. The Balaban J connectivity index is 1.78. The minimum atomic E-state index is -0.317. The van der Waals surface area contributed by atoms with Crippen molar-refractivity contribution >= 4 is 13.5 Å². The van der Waals surface area contributed by atoms with Gasteiger partial charge in [-0.2, -0.15) is 0 Å². The van der Waals surface area contributed by atoms with Crippen LogP contribution in [0.4, 0.5) is 0 Å². The zero-order chi connectivity index (χ0) is 14.7. The largest absolute Gasteiger partial charge is 0.304 e. The Morgan fingerprint density at radius 1 is 0.667 bits per heavy atom. The highest BCUT2D eigenvalue weighted by atomic mass is 31.1. The summed E-state index contributed by atoms with van der Waals surface area (Å²) in [5.74, 6) is 0. The van der Waals surface area contributed by atoms with Crippen LogP contribution in [0.2, 0.25) is 0 Å². The summed E-state index contributed by atoms with van der Waals surface area (Å²) in [5.41, 5.74) is 0. The standard InChI is InChI=1S/C16H27N4P/c1-17-8-12-19(13-9-17)21(16-6-4-3-5-7-16)20-14-10-18(2)11-15-20/h3-7H,8-15H2,1-2H3. The Bertz CT molecular complexity index is 403. The zero-order valence-corrected chi connectivity index (χ0v) is 14.2. The van der Waals surface area contributed by atoms with Crippen LogP contribution in [-0.4, -0.2) is 85.6 Å². The molecule has 2 aliphatic heterocycles. The number of hydrogen-bond acceptors (Lipinski definition) is 4. The summed E-state index contributed by atoms with van der Waals surface area (Å²) >= 11 is 0. The van der Waals surface area contributed by atoms with Crippen LogP contribution in [0.15, 0.2) is 30.3 Å². The highest BCUT2D eigenvalue weighted by molar-refractivity contribution is 7.61. The molecule has 0 aromatic heterocycles. The second kappa shape index (κ2) is 7.17. The van der Waals surface area contributed by atoms with Crippen molar-refractivity contribution in [2.75, 3.05) is 66.5 Å². The van der Waals surface area contributed by atoms with Crippen molar-refractivity contribution in [2.45, 2.75) is 0 Å². The number of piperazine rings is 2. The summed E-state index contributed by atoms with van der Waals surface area (Å²) in [4.78, 5) is 4.89. The second-order valence-electron chi connectivity index (χ2n) is 6.14. The Morgan fingerprint density at radius 2 is 1.10 bits per heavy atom. The molecule has 2 heterocycles. The van der Waals surface area contributed by atoms with Gasteiger partial charge in [0.1, 0.15) is 0 Å². The van der Waals surface area contributed by atoms with E-state index in [0.717, 1.165) is 0 Å². The number of benzene rings is 1. The minimum absolute atomic E-state index is 0.317. The monoisotopic (exact) mass is 306 g/mol. The number of nitrogens with zero attached hydrogens (tertiary/aromatic N) is 4. The van der Waals surface area contributed by atoms with Crippen molar-refractivity contribution in [3.05, 3.63) is 30.3 Å². The molecule has 0 radical (unpaired) electrons. The lowest BCUT2D eigenvalue weighted by molar-refractivity contribution is 0.200. The molecule has 3 rings (SSSR count). The Labute approximate surface area is 130 Å². The van der Waals surface area contributed by atoms with E-state index in [4.69, 9.17) is 0 Å². The molecule has 0 atom stereocenters. The topological polar surface area (TPSA) is 13.0 Å². The molecule has 0 bridgehead atoms. The maximum absolute atomic E-state index is 2.73. The molecule has 1 aromatic carbocycles. The SMILES string of the molecule is CN1CCN(P(c2ccccc2)N2CCN(C)CC2)CC1. The fourth-order valence-corrected chi connectivity index (χ4v) is 5.60. The minimum Gasteiger partial charge on any atom is -0.304 e. The molecule has 0 spiro atoms. The fraction of sp³-hybridized carbons (Fsp3) is 0.625. The normalized spacial score (nSPS) is 23.8. The van der Waals surface area contributed by atoms with E-state index in [1.165, 1.54) is 57.7 Å². The van der Waals surface area contributed by atoms with Crippen molar-refractivity contribution in [3.8, 4) is 0 Å². The van der Waals surface area contributed by atoms with Crippen LogP contribution in [0.25, 0.3) is 0 Å². The average molecular weight is 306 g/mol. The van der Waals surface area contributed by atoms with Gasteiger partial charge >= 0.3 is 0 Å². The summed E-state index contributed by atoms with van der Waals surface area (Å²) in [7, 11) is 4.15. The highest BCUT2D eigenvalue weighted by Crippen LogP contribution is 2.44. The van der Waals surface area contributed by atoms with Crippen molar-refractivity contribution in [1.82, 2.24) is 19.1 Å². The molecule has 4 nitrogen and oxygen atoms in total. The molecule has 116 valence electrons. The van der Waals surface area contributed by atoms with Crippen LogP contribution >= 0.6 is 8.22 Å². The molecule has 0 amide bonds. The summed E-state index contributed by atoms with van der Waals surface area (Å²) in [6.45, 7) is 9.57. The van der Waals surface area contributed by atoms with Gasteiger partial charge in [-0.15, -0.1) is 0 Å². The maximum Gasteiger partial charge on any atom is 0.0726 e. The molecule has 2 fully saturated rings. The van der Waals surface area contributed by atoms with Crippen LogP contribution < -0.4 is 5.30 Å². The summed E-state index contributed by atoms with van der Waals surface area (Å²) < 4.78 is 5.46. The van der Waals surface area contributed by atoms with E-state index in [1.54, 1.807) is 0 Å². The van der Waals surface area contributed by atoms with E-state index in [2.05, 4.69) is 63.6 Å². The van der Waals surface area contributed by atoms with Gasteiger partial charge in [-0.25, -0.2) is 0 Å². The number of likely N-dealkylation sites (N-methyl/N-ethyl adjacent to an activating group) is 2. The molecule has 1 aromatic rings. The second-order valence-corrected chi connectivity index (χ2v) is 8.37. The van der Waals surface area contributed by atoms with E-state index in [9.17, 15) is 0 Å². The third-order valence-corrected chi connectivity index (χ3v) is 7.11. The van der Waals surface area contributed by atoms with Crippen LogP contribution in [0.1, 0.15) is 0 Å². The zero-order valence-electron chi connectivity index (χ0n) is 13.3. The predicted molar refractivity (Wildman–Crippen MR) is 91.1 cm³/mol. The predicted octanol–water partition coefficient (Wildman–Crippen LogP) is 1.12. The smallest absolute Gasteiger partial charge is 0.0726 e. The third kappa shape index (κ3) is 3.82. The summed E-state index contributed by atoms with van der Waals surface area (Å²) in [6, 6.07) is 11.2. The van der Waals surface area contributed by atoms with Crippen molar-refractivity contribution in [2.24, 2.45) is 0 Å². The molecule has 5 heteroatoms. The van der Waals surface area contributed by atoms with Gasteiger partial charge in [0.2, 0.25) is 0 Å². The van der Waals surface area contributed by atoms with Crippen molar-refractivity contribution in [1.29, 1.82) is 0 Å². The molecule has 0 unspecified atom stereocenters. The van der Waals surface area contributed by atoms with Crippen LogP contribution in [0, 0.1) is 0 Å². The molecule has 2 aliphatic rings. The molecular formula is C16H27N4P. The average Bonchev–Trinajstić information content (AvgIpc) is 2.52. The van der Waals surface area contributed by atoms with E-state index in [1.807, 2.05) is 0 Å². The first-order chi connectivity index (χ1) is 10.2. The summed E-state index contributed by atoms with van der Waals surface area (Å²) in [6.07, 6.45) is 0. The van der Waals surface area contributed by atoms with Crippen molar-refractivity contribution < 1.29 is 0 Å². The van der Waals surface area contributed by atoms with Gasteiger partial charge in [-0.3, -0.25) is 9.34 Å². The van der Waals surface area contributed by atoms with Gasteiger partial charge in [0, 0.05) is 57.7 Å². The summed E-state index contributed by atoms with van der Waals surface area (Å²) in [5, 5.41) is 1.52.